The molecule has 160 valence electrons. The molecule has 3 aromatic heterocycles. The molecule has 2 aliphatic heterocycles. The standard InChI is InChI=1S/C22H30N6OS/c1-15-16(2)30-22-20(15)21(24-19(25-22)14-27-6-8-29-9-7-27)28-5-4-17(13-28)10-18-11-23-26(3)12-18/h11-12,17H,4-10,13-14H2,1-3H3. The van der Waals surface area contributed by atoms with Crippen molar-refractivity contribution in [1.29, 1.82) is 0 Å². The lowest BCUT2D eigenvalue weighted by atomic mass is 10.0. The van der Waals surface area contributed by atoms with Crippen LogP contribution in [0.4, 0.5) is 5.82 Å². The molecule has 5 rings (SSSR count). The number of rotatable bonds is 5. The van der Waals surface area contributed by atoms with Crippen LogP contribution in [0.25, 0.3) is 10.2 Å². The van der Waals surface area contributed by atoms with E-state index >= 15 is 0 Å². The first-order chi connectivity index (χ1) is 14.6. The molecule has 1 atom stereocenters. The van der Waals surface area contributed by atoms with Gasteiger partial charge in [-0.1, -0.05) is 0 Å². The lowest BCUT2D eigenvalue weighted by Gasteiger charge is -2.26. The zero-order valence-corrected chi connectivity index (χ0v) is 18.9. The van der Waals surface area contributed by atoms with Gasteiger partial charge in [-0.15, -0.1) is 11.3 Å². The van der Waals surface area contributed by atoms with Gasteiger partial charge in [0.05, 0.1) is 31.3 Å². The molecule has 3 aromatic rings. The van der Waals surface area contributed by atoms with Crippen LogP contribution >= 0.6 is 11.3 Å². The summed E-state index contributed by atoms with van der Waals surface area (Å²) < 4.78 is 7.39. The van der Waals surface area contributed by atoms with Gasteiger partial charge >= 0.3 is 0 Å². The second kappa shape index (κ2) is 8.24. The highest BCUT2D eigenvalue weighted by Gasteiger charge is 2.28. The Morgan fingerprint density at radius 2 is 2.00 bits per heavy atom. The fraction of sp³-hybridized carbons (Fsp3) is 0.591. The molecule has 30 heavy (non-hydrogen) atoms. The highest BCUT2D eigenvalue weighted by molar-refractivity contribution is 7.18. The third kappa shape index (κ3) is 3.96. The van der Waals surface area contributed by atoms with Gasteiger partial charge in [0, 0.05) is 44.3 Å². The van der Waals surface area contributed by atoms with Crippen LogP contribution in [0.5, 0.6) is 0 Å². The summed E-state index contributed by atoms with van der Waals surface area (Å²) in [4.78, 5) is 17.4. The minimum atomic E-state index is 0.641. The van der Waals surface area contributed by atoms with Gasteiger partial charge in [-0.3, -0.25) is 9.58 Å². The van der Waals surface area contributed by atoms with Crippen LogP contribution in [0.3, 0.4) is 0 Å². The van der Waals surface area contributed by atoms with Gasteiger partial charge in [-0.25, -0.2) is 9.97 Å². The fourth-order valence-corrected chi connectivity index (χ4v) is 5.68. The molecule has 0 aromatic carbocycles. The number of thiophene rings is 1. The molecule has 2 aliphatic rings. The summed E-state index contributed by atoms with van der Waals surface area (Å²) >= 11 is 1.80. The molecular weight excluding hydrogens is 396 g/mol. The first-order valence-electron chi connectivity index (χ1n) is 10.9. The van der Waals surface area contributed by atoms with E-state index in [0.717, 1.165) is 68.8 Å². The summed E-state index contributed by atoms with van der Waals surface area (Å²) in [6.45, 7) is 10.8. The molecule has 2 saturated heterocycles. The van der Waals surface area contributed by atoms with E-state index in [1.807, 2.05) is 17.9 Å². The van der Waals surface area contributed by atoms with Crippen molar-refractivity contribution in [1.82, 2.24) is 24.6 Å². The van der Waals surface area contributed by atoms with E-state index in [0.29, 0.717) is 5.92 Å². The average Bonchev–Trinajstić information content (AvgIpc) is 3.43. The van der Waals surface area contributed by atoms with E-state index in [1.54, 1.807) is 11.3 Å². The van der Waals surface area contributed by atoms with Crippen LogP contribution in [-0.2, 0) is 24.8 Å². The van der Waals surface area contributed by atoms with E-state index in [-0.39, 0.29) is 0 Å². The van der Waals surface area contributed by atoms with Crippen LogP contribution in [-0.4, -0.2) is 64.0 Å². The summed E-state index contributed by atoms with van der Waals surface area (Å²) in [5, 5.41) is 5.58. The van der Waals surface area contributed by atoms with Crippen LogP contribution < -0.4 is 4.90 Å². The van der Waals surface area contributed by atoms with Gasteiger partial charge in [0.15, 0.2) is 0 Å². The normalized spacial score (nSPS) is 20.5. The molecule has 0 radical (unpaired) electrons. The molecular formula is C22H30N6OS. The molecule has 0 aliphatic carbocycles. The molecule has 0 bridgehead atoms. The highest BCUT2D eigenvalue weighted by atomic mass is 32.1. The van der Waals surface area contributed by atoms with Gasteiger partial charge in [0.2, 0.25) is 0 Å². The van der Waals surface area contributed by atoms with Gasteiger partial charge in [0.1, 0.15) is 16.5 Å². The topological polar surface area (TPSA) is 59.3 Å². The lowest BCUT2D eigenvalue weighted by Crippen LogP contribution is -2.36. The van der Waals surface area contributed by atoms with Crippen molar-refractivity contribution in [3.8, 4) is 0 Å². The SMILES string of the molecule is Cc1sc2nc(CN3CCOCC3)nc(N3CCC(Cc4cnn(C)c4)C3)c2c1C. The molecule has 2 fully saturated rings. The molecule has 5 heterocycles. The van der Waals surface area contributed by atoms with Crippen molar-refractivity contribution in [2.24, 2.45) is 13.0 Å². The minimum Gasteiger partial charge on any atom is -0.379 e. The lowest BCUT2D eigenvalue weighted by molar-refractivity contribution is 0.0331. The van der Waals surface area contributed by atoms with Crippen molar-refractivity contribution >= 4 is 27.4 Å². The number of hydrogen-bond acceptors (Lipinski definition) is 7. The van der Waals surface area contributed by atoms with E-state index in [4.69, 9.17) is 14.7 Å². The van der Waals surface area contributed by atoms with E-state index in [1.165, 1.54) is 27.8 Å². The van der Waals surface area contributed by atoms with Crippen LogP contribution in [0.2, 0.25) is 0 Å². The van der Waals surface area contributed by atoms with Gasteiger partial charge in [0.25, 0.3) is 0 Å². The molecule has 0 amide bonds. The van der Waals surface area contributed by atoms with E-state index < -0.39 is 0 Å². The summed E-state index contributed by atoms with van der Waals surface area (Å²) in [7, 11) is 1.99. The fourth-order valence-electron chi connectivity index (χ4n) is 4.63. The Hall–Kier alpha value is -2.03. The highest BCUT2D eigenvalue weighted by Crippen LogP contribution is 2.37. The van der Waals surface area contributed by atoms with Crippen LogP contribution in [0.1, 0.15) is 28.2 Å². The molecule has 1 unspecified atom stereocenters. The number of ether oxygens (including phenoxy) is 1. The maximum Gasteiger partial charge on any atom is 0.146 e. The number of morpholine rings is 1. The number of nitrogens with zero attached hydrogens (tertiary/aromatic N) is 6. The maximum atomic E-state index is 5.50. The Labute approximate surface area is 181 Å². The van der Waals surface area contributed by atoms with Crippen molar-refractivity contribution < 1.29 is 4.74 Å². The predicted molar refractivity (Wildman–Crippen MR) is 120 cm³/mol. The summed E-state index contributed by atoms with van der Waals surface area (Å²) in [5.74, 6) is 2.72. The van der Waals surface area contributed by atoms with Gasteiger partial charge < -0.3 is 9.64 Å². The van der Waals surface area contributed by atoms with Crippen molar-refractivity contribution in [2.45, 2.75) is 33.2 Å². The number of anilines is 1. The Balaban J connectivity index is 1.41. The Morgan fingerprint density at radius 1 is 1.17 bits per heavy atom. The molecule has 7 nitrogen and oxygen atoms in total. The zero-order chi connectivity index (χ0) is 20.7. The first kappa shape index (κ1) is 19.9. The summed E-state index contributed by atoms with van der Waals surface area (Å²) in [5.41, 5.74) is 2.66. The molecule has 0 N–H and O–H groups in total. The Kier molecular flexibility index (Phi) is 5.47. The predicted octanol–water partition coefficient (Wildman–Crippen LogP) is 2.94. The third-order valence-corrected chi connectivity index (χ3v) is 7.49. The van der Waals surface area contributed by atoms with Gasteiger partial charge in [-0.05, 0) is 43.7 Å². The second-order valence-corrected chi connectivity index (χ2v) is 9.85. The zero-order valence-electron chi connectivity index (χ0n) is 18.1. The van der Waals surface area contributed by atoms with E-state index in [9.17, 15) is 0 Å². The van der Waals surface area contributed by atoms with E-state index in [2.05, 4.69) is 34.9 Å². The van der Waals surface area contributed by atoms with Crippen LogP contribution in [0.15, 0.2) is 12.4 Å². The Morgan fingerprint density at radius 3 is 2.77 bits per heavy atom. The average molecular weight is 427 g/mol. The number of hydrogen-bond donors (Lipinski definition) is 0. The molecule has 0 saturated carbocycles. The molecule has 0 spiro atoms. The Bertz CT molecular complexity index is 1040. The first-order valence-corrected chi connectivity index (χ1v) is 11.7. The van der Waals surface area contributed by atoms with Crippen LogP contribution in [0, 0.1) is 19.8 Å². The van der Waals surface area contributed by atoms with Crippen molar-refractivity contribution in [2.75, 3.05) is 44.3 Å². The third-order valence-electron chi connectivity index (χ3n) is 6.39. The number of aryl methyl sites for hydroxylation is 3. The quantitative estimate of drug-likeness (QED) is 0.625. The largest absolute Gasteiger partial charge is 0.379 e. The van der Waals surface area contributed by atoms with Crippen molar-refractivity contribution in [3.63, 3.8) is 0 Å². The second-order valence-electron chi connectivity index (χ2n) is 8.64. The van der Waals surface area contributed by atoms with Gasteiger partial charge in [-0.2, -0.15) is 5.10 Å². The van der Waals surface area contributed by atoms with Crippen molar-refractivity contribution in [3.05, 3.63) is 34.2 Å². The summed E-state index contributed by atoms with van der Waals surface area (Å²) in [6, 6.07) is 0. The smallest absolute Gasteiger partial charge is 0.146 e. The minimum absolute atomic E-state index is 0.641. The monoisotopic (exact) mass is 426 g/mol. The number of fused-ring (bicyclic) bond motifs is 1. The number of aromatic nitrogens is 4. The summed E-state index contributed by atoms with van der Waals surface area (Å²) in [6.07, 6.45) is 6.42. The maximum absolute atomic E-state index is 5.50. The molecule has 8 heteroatoms.